The first-order chi connectivity index (χ1) is 9.15. The first-order valence-electron chi connectivity index (χ1n) is 6.78. The Morgan fingerprint density at radius 3 is 2.74 bits per heavy atom. The highest BCUT2D eigenvalue weighted by Crippen LogP contribution is 2.30. The monoisotopic (exact) mass is 281 g/mol. The molecule has 0 bridgehead atoms. The van der Waals surface area contributed by atoms with Crippen LogP contribution in [0, 0.1) is 5.92 Å². The fourth-order valence-corrected chi connectivity index (χ4v) is 3.18. The van der Waals surface area contributed by atoms with Gasteiger partial charge in [-0.3, -0.25) is 0 Å². The molecule has 0 radical (unpaired) electrons. The standard InChI is InChI=1S/C13H23N5S/c1-9-6-4-5-7-10(9)18(2)12-8-11(17-14)15-13(16-12)19-3/h8-10H,4-7,14H2,1-3H3,(H,15,16,17). The molecule has 1 aliphatic rings. The minimum atomic E-state index is 0.559. The summed E-state index contributed by atoms with van der Waals surface area (Å²) in [4.78, 5) is 11.2. The quantitative estimate of drug-likeness (QED) is 0.382. The lowest BCUT2D eigenvalue weighted by Gasteiger charge is -2.37. The fourth-order valence-electron chi connectivity index (χ4n) is 2.80. The van der Waals surface area contributed by atoms with Crippen molar-refractivity contribution in [1.29, 1.82) is 0 Å². The molecule has 0 aromatic carbocycles. The van der Waals surface area contributed by atoms with E-state index in [-0.39, 0.29) is 0 Å². The average molecular weight is 281 g/mol. The Kier molecular flexibility index (Phi) is 4.87. The van der Waals surface area contributed by atoms with Crippen LogP contribution in [0.2, 0.25) is 0 Å². The van der Waals surface area contributed by atoms with Gasteiger partial charge in [-0.05, 0) is 25.0 Å². The second-order valence-electron chi connectivity index (χ2n) is 5.18. The lowest BCUT2D eigenvalue weighted by molar-refractivity contribution is 0.320. The van der Waals surface area contributed by atoms with Gasteiger partial charge in [0.15, 0.2) is 5.16 Å². The van der Waals surface area contributed by atoms with Gasteiger partial charge in [0.05, 0.1) is 0 Å². The maximum Gasteiger partial charge on any atom is 0.191 e. The van der Waals surface area contributed by atoms with Crippen LogP contribution in [0.1, 0.15) is 32.6 Å². The Labute approximate surface area is 119 Å². The molecule has 1 heterocycles. The van der Waals surface area contributed by atoms with E-state index < -0.39 is 0 Å². The number of nitrogen functional groups attached to an aromatic ring is 1. The number of nitrogens with two attached hydrogens (primary N) is 1. The zero-order chi connectivity index (χ0) is 13.8. The van der Waals surface area contributed by atoms with Crippen LogP contribution >= 0.6 is 11.8 Å². The first-order valence-corrected chi connectivity index (χ1v) is 8.00. The molecule has 0 saturated heterocycles. The Balaban J connectivity index is 2.24. The van der Waals surface area contributed by atoms with Crippen LogP contribution in [-0.4, -0.2) is 29.3 Å². The van der Waals surface area contributed by atoms with Gasteiger partial charge >= 0.3 is 0 Å². The van der Waals surface area contributed by atoms with Crippen molar-refractivity contribution >= 4 is 23.4 Å². The van der Waals surface area contributed by atoms with Crippen LogP contribution in [0.25, 0.3) is 0 Å². The molecule has 1 aromatic rings. The number of hydrazine groups is 1. The van der Waals surface area contributed by atoms with Crippen LogP contribution in [0.5, 0.6) is 0 Å². The third-order valence-electron chi connectivity index (χ3n) is 3.95. The summed E-state index contributed by atoms with van der Waals surface area (Å²) in [6, 6.07) is 2.48. The third kappa shape index (κ3) is 3.30. The van der Waals surface area contributed by atoms with E-state index in [2.05, 4.69) is 34.3 Å². The minimum Gasteiger partial charge on any atom is -0.356 e. The molecule has 2 unspecified atom stereocenters. The van der Waals surface area contributed by atoms with Crippen LogP contribution in [-0.2, 0) is 0 Å². The van der Waals surface area contributed by atoms with E-state index in [0.29, 0.717) is 17.8 Å². The summed E-state index contributed by atoms with van der Waals surface area (Å²) < 4.78 is 0. The number of hydrogen-bond acceptors (Lipinski definition) is 6. The lowest BCUT2D eigenvalue weighted by Crippen LogP contribution is -2.39. The maximum atomic E-state index is 5.48. The summed E-state index contributed by atoms with van der Waals surface area (Å²) in [5.74, 6) is 7.81. The summed E-state index contributed by atoms with van der Waals surface area (Å²) in [5, 5.41) is 0.751. The number of rotatable bonds is 4. The van der Waals surface area contributed by atoms with E-state index in [0.717, 1.165) is 11.0 Å². The molecule has 3 N–H and O–H groups in total. The molecule has 1 aliphatic carbocycles. The molecule has 0 spiro atoms. The Morgan fingerprint density at radius 2 is 2.11 bits per heavy atom. The molecule has 0 aliphatic heterocycles. The molecule has 1 saturated carbocycles. The minimum absolute atomic E-state index is 0.559. The van der Waals surface area contributed by atoms with E-state index in [1.165, 1.54) is 37.4 Å². The van der Waals surface area contributed by atoms with Crippen molar-refractivity contribution in [2.75, 3.05) is 23.6 Å². The van der Waals surface area contributed by atoms with Gasteiger partial charge in [-0.15, -0.1) is 0 Å². The highest BCUT2D eigenvalue weighted by molar-refractivity contribution is 7.98. The summed E-state index contributed by atoms with van der Waals surface area (Å²) >= 11 is 1.53. The molecule has 2 atom stereocenters. The predicted octanol–water partition coefficient (Wildman–Crippen LogP) is 2.50. The second-order valence-corrected chi connectivity index (χ2v) is 5.96. The van der Waals surface area contributed by atoms with Crippen LogP contribution < -0.4 is 16.2 Å². The molecule has 5 nitrogen and oxygen atoms in total. The Bertz CT molecular complexity index is 403. The summed E-state index contributed by atoms with van der Waals surface area (Å²) in [6.45, 7) is 2.33. The van der Waals surface area contributed by atoms with Gasteiger partial charge in [-0.25, -0.2) is 15.8 Å². The molecule has 6 heteroatoms. The molecule has 19 heavy (non-hydrogen) atoms. The number of anilines is 2. The zero-order valence-corrected chi connectivity index (χ0v) is 12.7. The number of hydrogen-bond donors (Lipinski definition) is 2. The molecule has 1 fully saturated rings. The van der Waals surface area contributed by atoms with Gasteiger partial charge in [-0.1, -0.05) is 31.5 Å². The van der Waals surface area contributed by atoms with Crippen molar-refractivity contribution in [2.45, 2.75) is 43.8 Å². The van der Waals surface area contributed by atoms with Crippen LogP contribution in [0.3, 0.4) is 0 Å². The SMILES string of the molecule is CSc1nc(NN)cc(N(C)C2CCCCC2C)n1. The molecule has 2 rings (SSSR count). The van der Waals surface area contributed by atoms with E-state index in [9.17, 15) is 0 Å². The van der Waals surface area contributed by atoms with Crippen molar-refractivity contribution < 1.29 is 0 Å². The van der Waals surface area contributed by atoms with Crippen LogP contribution in [0.4, 0.5) is 11.6 Å². The Morgan fingerprint density at radius 1 is 1.37 bits per heavy atom. The highest BCUT2D eigenvalue weighted by Gasteiger charge is 2.26. The maximum absolute atomic E-state index is 5.48. The summed E-state index contributed by atoms with van der Waals surface area (Å²) in [6.07, 6.45) is 7.17. The van der Waals surface area contributed by atoms with Crippen LogP contribution in [0.15, 0.2) is 11.2 Å². The van der Waals surface area contributed by atoms with Crippen molar-refractivity contribution in [3.8, 4) is 0 Å². The van der Waals surface area contributed by atoms with E-state index in [4.69, 9.17) is 5.84 Å². The normalized spacial score (nSPS) is 23.2. The predicted molar refractivity (Wildman–Crippen MR) is 81.4 cm³/mol. The van der Waals surface area contributed by atoms with E-state index in [1.807, 2.05) is 12.3 Å². The van der Waals surface area contributed by atoms with E-state index >= 15 is 0 Å². The first kappa shape index (κ1) is 14.4. The van der Waals surface area contributed by atoms with E-state index in [1.54, 1.807) is 0 Å². The summed E-state index contributed by atoms with van der Waals surface area (Å²) in [7, 11) is 2.12. The molecular weight excluding hydrogens is 258 g/mol. The largest absolute Gasteiger partial charge is 0.356 e. The smallest absolute Gasteiger partial charge is 0.191 e. The highest BCUT2D eigenvalue weighted by atomic mass is 32.2. The zero-order valence-electron chi connectivity index (χ0n) is 11.9. The van der Waals surface area contributed by atoms with Gasteiger partial charge in [-0.2, -0.15) is 0 Å². The van der Waals surface area contributed by atoms with Gasteiger partial charge in [0.2, 0.25) is 0 Å². The number of aromatic nitrogens is 2. The molecule has 106 valence electrons. The number of nitrogens with one attached hydrogen (secondary N) is 1. The molecule has 1 aromatic heterocycles. The van der Waals surface area contributed by atoms with Gasteiger partial charge < -0.3 is 10.3 Å². The van der Waals surface area contributed by atoms with Crippen molar-refractivity contribution in [2.24, 2.45) is 11.8 Å². The Hall–Kier alpha value is -1.01. The van der Waals surface area contributed by atoms with Gasteiger partial charge in [0.1, 0.15) is 11.6 Å². The number of nitrogens with zero attached hydrogens (tertiary/aromatic N) is 3. The fraction of sp³-hybridized carbons (Fsp3) is 0.692. The third-order valence-corrected chi connectivity index (χ3v) is 4.50. The summed E-state index contributed by atoms with van der Waals surface area (Å²) in [5.41, 5.74) is 2.62. The van der Waals surface area contributed by atoms with Crippen molar-refractivity contribution in [3.05, 3.63) is 6.07 Å². The van der Waals surface area contributed by atoms with Gasteiger partial charge in [0.25, 0.3) is 0 Å². The number of thioether (sulfide) groups is 1. The van der Waals surface area contributed by atoms with Gasteiger partial charge in [0, 0.05) is 19.2 Å². The van der Waals surface area contributed by atoms with Crippen molar-refractivity contribution in [3.63, 3.8) is 0 Å². The second kappa shape index (κ2) is 6.43. The topological polar surface area (TPSA) is 67.1 Å². The van der Waals surface area contributed by atoms with Crippen molar-refractivity contribution in [1.82, 2.24) is 9.97 Å². The molecule has 0 amide bonds. The average Bonchev–Trinajstić information content (AvgIpc) is 2.46. The lowest BCUT2D eigenvalue weighted by atomic mass is 9.85. The molecular formula is C13H23N5S.